The zero-order valence-electron chi connectivity index (χ0n) is 11.0. The number of fused-ring (bicyclic) bond motifs is 2. The molecule has 21 heavy (non-hydrogen) atoms. The molecule has 1 N–H and O–H groups in total. The van der Waals surface area contributed by atoms with Gasteiger partial charge in [-0.05, 0) is 19.1 Å². The molecule has 0 unspecified atom stereocenters. The lowest BCUT2D eigenvalue weighted by molar-refractivity contribution is 0.824. The molecule has 104 valence electrons. The van der Waals surface area contributed by atoms with Crippen molar-refractivity contribution in [3.63, 3.8) is 0 Å². The fourth-order valence-electron chi connectivity index (χ4n) is 2.20. The Bertz CT molecular complexity index is 925. The summed E-state index contributed by atoms with van der Waals surface area (Å²) in [5, 5.41) is 7.78. The maximum Gasteiger partial charge on any atom is 0.254 e. The van der Waals surface area contributed by atoms with E-state index < -0.39 is 0 Å². The van der Waals surface area contributed by atoms with Gasteiger partial charge in [0, 0.05) is 16.5 Å². The van der Waals surface area contributed by atoms with Crippen LogP contribution in [0.4, 0.5) is 0 Å². The van der Waals surface area contributed by atoms with Crippen molar-refractivity contribution in [1.29, 1.82) is 0 Å². The molecule has 0 fully saturated rings. The Morgan fingerprint density at radius 2 is 2.14 bits per heavy atom. The van der Waals surface area contributed by atoms with Crippen LogP contribution in [0.2, 0.25) is 5.15 Å². The highest BCUT2D eigenvalue weighted by Gasteiger charge is 2.14. The average molecular weight is 316 g/mol. The maximum absolute atomic E-state index is 6.18. The summed E-state index contributed by atoms with van der Waals surface area (Å²) in [6.45, 7) is 1.93. The van der Waals surface area contributed by atoms with Crippen molar-refractivity contribution < 1.29 is 0 Å². The first-order valence-corrected chi connectivity index (χ1v) is 7.53. The number of hydrogen-bond acceptors (Lipinski definition) is 4. The fraction of sp³-hybridized carbons (Fsp3) is 0.0714. The van der Waals surface area contributed by atoms with Crippen molar-refractivity contribution in [2.45, 2.75) is 17.0 Å². The molecule has 0 atom stereocenters. The Labute approximate surface area is 129 Å². The van der Waals surface area contributed by atoms with Gasteiger partial charge in [-0.3, -0.25) is 0 Å². The first-order chi connectivity index (χ1) is 10.2. The van der Waals surface area contributed by atoms with Gasteiger partial charge >= 0.3 is 0 Å². The normalized spacial score (nSPS) is 11.5. The molecule has 0 saturated carbocycles. The van der Waals surface area contributed by atoms with Crippen molar-refractivity contribution in [3.8, 4) is 0 Å². The Balaban J connectivity index is 1.86. The SMILES string of the molecule is Cc1c(Cl)nc2ncnn2c1Sc1cc2ccccc2[nH]1. The van der Waals surface area contributed by atoms with Crippen LogP contribution in [0.3, 0.4) is 0 Å². The first-order valence-electron chi connectivity index (χ1n) is 6.34. The van der Waals surface area contributed by atoms with E-state index in [-0.39, 0.29) is 0 Å². The van der Waals surface area contributed by atoms with E-state index in [2.05, 4.69) is 38.2 Å². The second kappa shape index (κ2) is 4.75. The van der Waals surface area contributed by atoms with Crippen molar-refractivity contribution >= 4 is 40.0 Å². The van der Waals surface area contributed by atoms with Gasteiger partial charge in [0.1, 0.15) is 16.5 Å². The van der Waals surface area contributed by atoms with E-state index in [1.807, 2.05) is 19.1 Å². The Hall–Kier alpha value is -2.05. The molecule has 3 heterocycles. The minimum Gasteiger partial charge on any atom is -0.349 e. The number of rotatable bonds is 2. The molecule has 0 aliphatic heterocycles. The summed E-state index contributed by atoms with van der Waals surface area (Å²) in [6.07, 6.45) is 1.48. The third kappa shape index (κ3) is 2.07. The van der Waals surface area contributed by atoms with Gasteiger partial charge in [-0.15, -0.1) is 0 Å². The van der Waals surface area contributed by atoms with Crippen LogP contribution < -0.4 is 0 Å². The van der Waals surface area contributed by atoms with E-state index in [0.717, 1.165) is 21.1 Å². The molecular formula is C14H10ClN5S. The van der Waals surface area contributed by atoms with Gasteiger partial charge in [0.15, 0.2) is 0 Å². The smallest absolute Gasteiger partial charge is 0.254 e. The maximum atomic E-state index is 6.18. The van der Waals surface area contributed by atoms with Gasteiger partial charge in [-0.2, -0.15) is 19.6 Å². The average Bonchev–Trinajstić information content (AvgIpc) is 3.09. The van der Waals surface area contributed by atoms with Crippen molar-refractivity contribution in [2.24, 2.45) is 0 Å². The standard InChI is InChI=1S/C14H10ClN5S/c1-8-12(15)19-14-16-7-17-20(14)13(8)21-11-6-9-4-2-3-5-10(9)18-11/h2-7,18H,1H3. The summed E-state index contributed by atoms with van der Waals surface area (Å²) in [6, 6.07) is 10.3. The molecule has 4 rings (SSSR count). The third-order valence-corrected chi connectivity index (χ3v) is 4.74. The number of hydrogen-bond donors (Lipinski definition) is 1. The molecule has 0 radical (unpaired) electrons. The fourth-order valence-corrected chi connectivity index (χ4v) is 3.44. The van der Waals surface area contributed by atoms with E-state index in [1.165, 1.54) is 11.7 Å². The number of nitrogens with one attached hydrogen (secondary N) is 1. The summed E-state index contributed by atoms with van der Waals surface area (Å²) < 4.78 is 1.71. The van der Waals surface area contributed by atoms with Crippen LogP contribution in [-0.4, -0.2) is 24.6 Å². The highest BCUT2D eigenvalue weighted by atomic mass is 35.5. The zero-order valence-corrected chi connectivity index (χ0v) is 12.6. The number of para-hydroxylation sites is 1. The van der Waals surface area contributed by atoms with Crippen LogP contribution in [0.25, 0.3) is 16.7 Å². The lowest BCUT2D eigenvalue weighted by Crippen LogP contribution is -1.99. The van der Waals surface area contributed by atoms with Crippen LogP contribution >= 0.6 is 23.4 Å². The first kappa shape index (κ1) is 12.7. The molecular weight excluding hydrogens is 306 g/mol. The van der Waals surface area contributed by atoms with E-state index >= 15 is 0 Å². The Kier molecular flexibility index (Phi) is 2.87. The zero-order chi connectivity index (χ0) is 14.4. The Morgan fingerprint density at radius 3 is 3.00 bits per heavy atom. The van der Waals surface area contributed by atoms with Crippen LogP contribution in [0.1, 0.15) is 5.56 Å². The summed E-state index contributed by atoms with van der Waals surface area (Å²) in [7, 11) is 0. The number of aromatic nitrogens is 5. The highest BCUT2D eigenvalue weighted by molar-refractivity contribution is 7.99. The monoisotopic (exact) mass is 315 g/mol. The number of aromatic amines is 1. The summed E-state index contributed by atoms with van der Waals surface area (Å²) in [5.41, 5.74) is 1.99. The Morgan fingerprint density at radius 1 is 1.29 bits per heavy atom. The lowest BCUT2D eigenvalue weighted by atomic mass is 10.3. The van der Waals surface area contributed by atoms with Gasteiger partial charge in [0.2, 0.25) is 0 Å². The quantitative estimate of drug-likeness (QED) is 0.573. The molecule has 0 aliphatic carbocycles. The topological polar surface area (TPSA) is 58.9 Å². The molecule has 7 heteroatoms. The molecule has 5 nitrogen and oxygen atoms in total. The van der Waals surface area contributed by atoms with Crippen LogP contribution in [-0.2, 0) is 0 Å². The molecule has 0 spiro atoms. The highest BCUT2D eigenvalue weighted by Crippen LogP contribution is 2.33. The summed E-state index contributed by atoms with van der Waals surface area (Å²) >= 11 is 7.75. The molecule has 0 saturated heterocycles. The van der Waals surface area contributed by atoms with E-state index in [1.54, 1.807) is 16.3 Å². The minimum absolute atomic E-state index is 0.453. The number of H-pyrrole nitrogens is 1. The molecule has 0 bridgehead atoms. The molecule has 3 aromatic heterocycles. The van der Waals surface area contributed by atoms with Gasteiger partial charge in [-0.25, -0.2) is 0 Å². The molecule has 0 amide bonds. The van der Waals surface area contributed by atoms with E-state index in [0.29, 0.717) is 10.9 Å². The van der Waals surface area contributed by atoms with Crippen LogP contribution in [0.15, 0.2) is 46.7 Å². The summed E-state index contributed by atoms with van der Waals surface area (Å²) in [4.78, 5) is 11.7. The van der Waals surface area contributed by atoms with Crippen molar-refractivity contribution in [1.82, 2.24) is 24.6 Å². The number of nitrogens with zero attached hydrogens (tertiary/aromatic N) is 4. The lowest BCUT2D eigenvalue weighted by Gasteiger charge is -2.07. The largest absolute Gasteiger partial charge is 0.349 e. The van der Waals surface area contributed by atoms with Gasteiger partial charge in [-0.1, -0.05) is 41.6 Å². The van der Waals surface area contributed by atoms with Gasteiger partial charge in [0.25, 0.3) is 5.78 Å². The molecule has 0 aliphatic rings. The van der Waals surface area contributed by atoms with Gasteiger partial charge in [0.05, 0.1) is 5.03 Å². The molecule has 4 aromatic rings. The van der Waals surface area contributed by atoms with E-state index in [9.17, 15) is 0 Å². The predicted molar refractivity (Wildman–Crippen MR) is 83.0 cm³/mol. The minimum atomic E-state index is 0.453. The van der Waals surface area contributed by atoms with Crippen molar-refractivity contribution in [3.05, 3.63) is 47.4 Å². The van der Waals surface area contributed by atoms with Crippen LogP contribution in [0, 0.1) is 6.92 Å². The second-order valence-electron chi connectivity index (χ2n) is 4.63. The van der Waals surface area contributed by atoms with Crippen molar-refractivity contribution in [2.75, 3.05) is 0 Å². The second-order valence-corrected chi connectivity index (χ2v) is 6.02. The van der Waals surface area contributed by atoms with Gasteiger partial charge < -0.3 is 4.98 Å². The molecule has 1 aromatic carbocycles. The van der Waals surface area contributed by atoms with Crippen LogP contribution in [0.5, 0.6) is 0 Å². The third-order valence-electron chi connectivity index (χ3n) is 3.26. The summed E-state index contributed by atoms with van der Waals surface area (Å²) in [5.74, 6) is 0.504. The number of halogens is 1. The van der Waals surface area contributed by atoms with E-state index in [4.69, 9.17) is 11.6 Å². The number of benzene rings is 1. The predicted octanol–water partition coefficient (Wildman–Crippen LogP) is 3.72.